The molecule has 0 aliphatic heterocycles. The first-order chi connectivity index (χ1) is 9.06. The third-order valence-corrected chi connectivity index (χ3v) is 2.88. The quantitative estimate of drug-likeness (QED) is 0.784. The molecule has 0 radical (unpaired) electrons. The number of rotatable bonds is 4. The summed E-state index contributed by atoms with van der Waals surface area (Å²) in [5.74, 6) is 0. The summed E-state index contributed by atoms with van der Waals surface area (Å²) < 4.78 is 2.11. The summed E-state index contributed by atoms with van der Waals surface area (Å²) in [6.45, 7) is 5.09. The maximum Gasteiger partial charge on any atom is 0.352 e. The van der Waals surface area contributed by atoms with Crippen LogP contribution >= 0.6 is 0 Å². The average molecular weight is 261 g/mol. The molecule has 1 heterocycles. The van der Waals surface area contributed by atoms with Crippen molar-refractivity contribution in [2.45, 2.75) is 13.0 Å². The molecule has 1 unspecified atom stereocenters. The van der Waals surface area contributed by atoms with Crippen molar-refractivity contribution in [3.63, 3.8) is 0 Å². The molecule has 6 nitrogen and oxygen atoms in total. The topological polar surface area (TPSA) is 80.0 Å². The lowest BCUT2D eigenvalue weighted by Crippen LogP contribution is -2.30. The van der Waals surface area contributed by atoms with Crippen molar-refractivity contribution in [3.05, 3.63) is 63.5 Å². The van der Waals surface area contributed by atoms with Gasteiger partial charge in [0.15, 0.2) is 0 Å². The molecule has 0 amide bonds. The molecular formula is C13H15N3O3. The molecular weight excluding hydrogens is 246 g/mol. The van der Waals surface area contributed by atoms with Crippen LogP contribution in [0.1, 0.15) is 13.0 Å². The highest BCUT2D eigenvalue weighted by Crippen LogP contribution is 2.10. The van der Waals surface area contributed by atoms with Crippen molar-refractivity contribution in [3.8, 4) is 5.69 Å². The van der Waals surface area contributed by atoms with E-state index in [9.17, 15) is 14.7 Å². The summed E-state index contributed by atoms with van der Waals surface area (Å²) >= 11 is 0. The lowest BCUT2D eigenvalue weighted by Gasteiger charge is -2.13. The van der Waals surface area contributed by atoms with E-state index in [1.165, 1.54) is 0 Å². The summed E-state index contributed by atoms with van der Waals surface area (Å²) in [5, 5.41) is 11.7. The summed E-state index contributed by atoms with van der Waals surface area (Å²) in [4.78, 5) is 24.1. The number of para-hydroxylation sites is 1. The summed E-state index contributed by atoms with van der Waals surface area (Å²) in [7, 11) is 0. The van der Waals surface area contributed by atoms with Crippen molar-refractivity contribution in [2.24, 2.45) is 0 Å². The largest absolute Gasteiger partial charge is 0.394 e. The third-order valence-electron chi connectivity index (χ3n) is 2.88. The lowest BCUT2D eigenvalue weighted by atomic mass is 10.2. The molecule has 0 saturated carbocycles. The fourth-order valence-corrected chi connectivity index (χ4v) is 1.87. The second-order valence-electron chi connectivity index (χ2n) is 4.29. The maximum absolute atomic E-state index is 12.2. The Morgan fingerprint density at radius 1 is 1.37 bits per heavy atom. The second-order valence-corrected chi connectivity index (χ2v) is 4.29. The molecule has 2 rings (SSSR count). The van der Waals surface area contributed by atoms with Gasteiger partial charge in [0.1, 0.15) is 0 Å². The van der Waals surface area contributed by atoms with E-state index in [0.29, 0.717) is 11.3 Å². The lowest BCUT2D eigenvalue weighted by molar-refractivity contribution is 0.235. The summed E-state index contributed by atoms with van der Waals surface area (Å²) in [5.41, 5.74) is -0.00823. The number of benzene rings is 1. The predicted molar refractivity (Wildman–Crippen MR) is 71.6 cm³/mol. The first-order valence-corrected chi connectivity index (χ1v) is 5.81. The van der Waals surface area contributed by atoms with E-state index >= 15 is 0 Å². The smallest absolute Gasteiger partial charge is 0.352 e. The van der Waals surface area contributed by atoms with Crippen LogP contribution in [0.3, 0.4) is 0 Å². The number of hydrogen-bond donors (Lipinski definition) is 2. The zero-order chi connectivity index (χ0) is 14.0. The predicted octanol–water partition coefficient (Wildman–Crippen LogP) is 0.437. The normalized spacial score (nSPS) is 12.3. The van der Waals surface area contributed by atoms with E-state index in [2.05, 4.69) is 11.7 Å². The number of aliphatic hydroxyl groups is 1. The van der Waals surface area contributed by atoms with Gasteiger partial charge in [-0.15, -0.1) is 0 Å². The van der Waals surface area contributed by atoms with E-state index in [-0.39, 0.29) is 6.61 Å². The Labute approximate surface area is 109 Å². The molecule has 0 aliphatic carbocycles. The van der Waals surface area contributed by atoms with Crippen LogP contribution < -0.4 is 11.4 Å². The molecule has 100 valence electrons. The second kappa shape index (κ2) is 5.11. The first-order valence-electron chi connectivity index (χ1n) is 5.81. The van der Waals surface area contributed by atoms with E-state index < -0.39 is 17.4 Å². The van der Waals surface area contributed by atoms with Gasteiger partial charge in [-0.25, -0.2) is 23.9 Å². The molecule has 1 atom stereocenters. The van der Waals surface area contributed by atoms with Crippen LogP contribution in [-0.4, -0.2) is 26.1 Å². The van der Waals surface area contributed by atoms with E-state index in [1.54, 1.807) is 37.3 Å². The number of hydrogen-bond acceptors (Lipinski definition) is 3. The van der Waals surface area contributed by atoms with Gasteiger partial charge in [-0.1, -0.05) is 30.4 Å². The molecule has 0 fully saturated rings. The van der Waals surface area contributed by atoms with E-state index in [4.69, 9.17) is 0 Å². The van der Waals surface area contributed by atoms with Crippen LogP contribution in [0.4, 0.5) is 0 Å². The van der Waals surface area contributed by atoms with Gasteiger partial charge in [-0.3, -0.25) is 0 Å². The van der Waals surface area contributed by atoms with Crippen molar-refractivity contribution < 1.29 is 5.11 Å². The number of aromatic nitrogens is 3. The highest BCUT2D eigenvalue weighted by atomic mass is 16.3. The monoisotopic (exact) mass is 261 g/mol. The standard InChI is InChI=1S/C13H15N3O3/c1-9(2)11(8-17)16-13(19)15(12(18)14-16)10-6-4-3-5-7-10/h3-7,11,17H,1,8H2,2H3,(H,14,18). The highest BCUT2D eigenvalue weighted by molar-refractivity contribution is 5.30. The molecule has 1 aromatic carbocycles. The zero-order valence-electron chi connectivity index (χ0n) is 10.5. The van der Waals surface area contributed by atoms with Gasteiger partial charge in [0.05, 0.1) is 18.3 Å². The van der Waals surface area contributed by atoms with Crippen LogP contribution in [-0.2, 0) is 0 Å². The van der Waals surface area contributed by atoms with Crippen LogP contribution in [0.5, 0.6) is 0 Å². The SMILES string of the molecule is C=C(C)C(CO)n1[nH]c(=O)n(-c2ccccc2)c1=O. The van der Waals surface area contributed by atoms with Gasteiger partial charge >= 0.3 is 11.4 Å². The fraction of sp³-hybridized carbons (Fsp3) is 0.231. The minimum atomic E-state index is -0.634. The van der Waals surface area contributed by atoms with Gasteiger partial charge in [-0.2, -0.15) is 0 Å². The molecule has 2 N–H and O–H groups in total. The summed E-state index contributed by atoms with van der Waals surface area (Å²) in [6, 6.07) is 7.96. The molecule has 0 bridgehead atoms. The van der Waals surface area contributed by atoms with Gasteiger partial charge in [-0.05, 0) is 19.1 Å². The van der Waals surface area contributed by atoms with Crippen molar-refractivity contribution in [1.82, 2.24) is 14.3 Å². The van der Waals surface area contributed by atoms with Crippen molar-refractivity contribution >= 4 is 0 Å². The zero-order valence-corrected chi connectivity index (χ0v) is 10.5. The Kier molecular flexibility index (Phi) is 3.52. The Balaban J connectivity index is 2.62. The minimum absolute atomic E-state index is 0.302. The highest BCUT2D eigenvalue weighted by Gasteiger charge is 2.18. The number of nitrogens with one attached hydrogen (secondary N) is 1. The Bertz CT molecular complexity index is 694. The minimum Gasteiger partial charge on any atom is -0.394 e. The van der Waals surface area contributed by atoms with Gasteiger partial charge in [0.25, 0.3) is 0 Å². The number of nitrogens with zero attached hydrogens (tertiary/aromatic N) is 2. The fourth-order valence-electron chi connectivity index (χ4n) is 1.87. The Hall–Kier alpha value is -2.34. The Morgan fingerprint density at radius 3 is 2.53 bits per heavy atom. The molecule has 0 saturated heterocycles. The van der Waals surface area contributed by atoms with Crippen molar-refractivity contribution in [2.75, 3.05) is 6.61 Å². The molecule has 19 heavy (non-hydrogen) atoms. The maximum atomic E-state index is 12.2. The van der Waals surface area contributed by atoms with Gasteiger partial charge in [0.2, 0.25) is 0 Å². The average Bonchev–Trinajstić information content (AvgIpc) is 2.67. The Morgan fingerprint density at radius 2 is 2.00 bits per heavy atom. The van der Waals surface area contributed by atoms with Crippen LogP contribution in [0.25, 0.3) is 5.69 Å². The van der Waals surface area contributed by atoms with Crippen LogP contribution in [0.15, 0.2) is 52.1 Å². The summed E-state index contributed by atoms with van der Waals surface area (Å²) in [6.07, 6.45) is 0. The van der Waals surface area contributed by atoms with E-state index in [1.807, 2.05) is 0 Å². The molecule has 2 aromatic rings. The molecule has 6 heteroatoms. The van der Waals surface area contributed by atoms with Crippen LogP contribution in [0.2, 0.25) is 0 Å². The molecule has 0 aliphatic rings. The number of aromatic amines is 1. The van der Waals surface area contributed by atoms with Gasteiger partial charge < -0.3 is 5.11 Å². The third kappa shape index (κ3) is 2.30. The number of aliphatic hydroxyl groups excluding tert-OH is 1. The van der Waals surface area contributed by atoms with Crippen molar-refractivity contribution in [1.29, 1.82) is 0 Å². The van der Waals surface area contributed by atoms with Gasteiger partial charge in [0, 0.05) is 0 Å². The van der Waals surface area contributed by atoms with Crippen LogP contribution in [0, 0.1) is 0 Å². The number of H-pyrrole nitrogens is 1. The molecule has 1 aromatic heterocycles. The van der Waals surface area contributed by atoms with E-state index in [0.717, 1.165) is 9.25 Å². The molecule has 0 spiro atoms. The first kappa shape index (κ1) is 13.1.